The Morgan fingerprint density at radius 1 is 1.24 bits per heavy atom. The number of fused-ring (bicyclic) bond motifs is 1. The van der Waals surface area contributed by atoms with E-state index in [9.17, 15) is 0 Å². The Morgan fingerprint density at radius 3 is 2.71 bits per heavy atom. The van der Waals surface area contributed by atoms with E-state index in [1.165, 1.54) is 42.6 Å². The average Bonchev–Trinajstić information content (AvgIpc) is 2.50. The first-order valence-corrected chi connectivity index (χ1v) is 8.52. The molecule has 1 N–H and O–H groups in total. The lowest BCUT2D eigenvalue weighted by Gasteiger charge is -2.39. The summed E-state index contributed by atoms with van der Waals surface area (Å²) >= 11 is 0. The van der Waals surface area contributed by atoms with E-state index in [0.29, 0.717) is 11.5 Å². The number of aryl methyl sites for hydroxylation is 1. The Hall–Kier alpha value is -1.02. The number of para-hydroxylation sites is 1. The molecule has 2 aliphatic rings. The van der Waals surface area contributed by atoms with Crippen molar-refractivity contribution in [3.63, 3.8) is 0 Å². The van der Waals surface area contributed by atoms with Gasteiger partial charge < -0.3 is 10.1 Å². The molecule has 21 heavy (non-hydrogen) atoms. The molecule has 1 aliphatic carbocycles. The van der Waals surface area contributed by atoms with Crippen molar-refractivity contribution >= 4 is 0 Å². The van der Waals surface area contributed by atoms with Crippen LogP contribution in [0.3, 0.4) is 0 Å². The van der Waals surface area contributed by atoms with Crippen molar-refractivity contribution in [1.82, 2.24) is 5.32 Å². The molecule has 1 saturated carbocycles. The van der Waals surface area contributed by atoms with E-state index in [0.717, 1.165) is 25.4 Å². The van der Waals surface area contributed by atoms with Gasteiger partial charge in [0.1, 0.15) is 5.75 Å². The summed E-state index contributed by atoms with van der Waals surface area (Å²) < 4.78 is 6.03. The highest BCUT2D eigenvalue weighted by atomic mass is 16.5. The molecule has 2 nitrogen and oxygen atoms in total. The molecule has 2 heteroatoms. The zero-order chi connectivity index (χ0) is 14.9. The molecule has 1 aromatic rings. The molecule has 0 amide bonds. The third kappa shape index (κ3) is 3.11. The lowest BCUT2D eigenvalue weighted by atomic mass is 9.70. The fraction of sp³-hybridized carbons (Fsp3) is 0.684. The van der Waals surface area contributed by atoms with E-state index < -0.39 is 0 Å². The highest BCUT2D eigenvalue weighted by molar-refractivity contribution is 5.44. The predicted molar refractivity (Wildman–Crippen MR) is 87.8 cm³/mol. The second-order valence-electron chi connectivity index (χ2n) is 7.56. The molecule has 1 aromatic carbocycles. The van der Waals surface area contributed by atoms with Crippen LogP contribution >= 0.6 is 0 Å². The first-order valence-electron chi connectivity index (χ1n) is 8.52. The molecule has 1 atom stereocenters. The normalized spacial score (nSPS) is 23.2. The van der Waals surface area contributed by atoms with E-state index in [-0.39, 0.29) is 0 Å². The number of rotatable bonds is 3. The number of ether oxygens (including phenoxy) is 1. The molecule has 3 rings (SSSR count). The van der Waals surface area contributed by atoms with Crippen molar-refractivity contribution < 1.29 is 4.74 Å². The van der Waals surface area contributed by atoms with Crippen molar-refractivity contribution in [3.8, 4) is 5.75 Å². The van der Waals surface area contributed by atoms with Gasteiger partial charge >= 0.3 is 0 Å². The maximum atomic E-state index is 6.03. The van der Waals surface area contributed by atoms with Gasteiger partial charge in [0.2, 0.25) is 0 Å². The number of hydrogen-bond donors (Lipinski definition) is 1. The summed E-state index contributed by atoms with van der Waals surface area (Å²) in [6.45, 7) is 5.69. The van der Waals surface area contributed by atoms with Crippen molar-refractivity contribution in [3.05, 3.63) is 29.3 Å². The van der Waals surface area contributed by atoms with E-state index in [2.05, 4.69) is 44.4 Å². The average molecular weight is 287 g/mol. The van der Waals surface area contributed by atoms with E-state index in [4.69, 9.17) is 4.74 Å². The van der Waals surface area contributed by atoms with Gasteiger partial charge in [-0.05, 0) is 62.5 Å². The van der Waals surface area contributed by atoms with Crippen LogP contribution in [0.1, 0.15) is 63.1 Å². The van der Waals surface area contributed by atoms with Gasteiger partial charge in [-0.2, -0.15) is 0 Å². The van der Waals surface area contributed by atoms with Gasteiger partial charge in [0.25, 0.3) is 0 Å². The molecule has 116 valence electrons. The third-order valence-corrected chi connectivity index (χ3v) is 5.47. The van der Waals surface area contributed by atoms with Gasteiger partial charge in [-0.1, -0.05) is 32.0 Å². The number of nitrogens with one attached hydrogen (secondary N) is 1. The Kier molecular flexibility index (Phi) is 4.26. The van der Waals surface area contributed by atoms with E-state index >= 15 is 0 Å². The molecule has 1 unspecified atom stereocenters. The summed E-state index contributed by atoms with van der Waals surface area (Å²) in [7, 11) is 2.10. The van der Waals surface area contributed by atoms with Gasteiger partial charge in [-0.25, -0.2) is 0 Å². The molecular weight excluding hydrogens is 258 g/mol. The summed E-state index contributed by atoms with van der Waals surface area (Å²) in [5.74, 6) is 1.91. The van der Waals surface area contributed by atoms with Crippen LogP contribution in [0, 0.1) is 11.3 Å². The van der Waals surface area contributed by atoms with E-state index in [1.54, 1.807) is 0 Å². The molecule has 0 saturated heterocycles. The van der Waals surface area contributed by atoms with Gasteiger partial charge in [0.15, 0.2) is 0 Å². The van der Waals surface area contributed by atoms with Crippen LogP contribution in [-0.2, 0) is 6.42 Å². The van der Waals surface area contributed by atoms with Crippen molar-refractivity contribution in [2.24, 2.45) is 11.3 Å². The summed E-state index contributed by atoms with van der Waals surface area (Å²) in [4.78, 5) is 0. The molecule has 0 radical (unpaired) electrons. The largest absolute Gasteiger partial charge is 0.493 e. The van der Waals surface area contributed by atoms with Crippen molar-refractivity contribution in [2.45, 2.75) is 58.4 Å². The summed E-state index contributed by atoms with van der Waals surface area (Å²) in [5, 5.41) is 3.59. The molecule has 1 fully saturated rings. The third-order valence-electron chi connectivity index (χ3n) is 5.47. The monoisotopic (exact) mass is 287 g/mol. The minimum absolute atomic E-state index is 0.439. The SMILES string of the molecule is CNC(c1cccc2c1OCCC2)C1CCC(C)(C)CC1. The highest BCUT2D eigenvalue weighted by Gasteiger charge is 2.33. The first kappa shape index (κ1) is 14.9. The lowest BCUT2D eigenvalue weighted by molar-refractivity contribution is 0.162. The molecule has 0 aromatic heterocycles. The van der Waals surface area contributed by atoms with Crippen molar-refractivity contribution in [2.75, 3.05) is 13.7 Å². The maximum absolute atomic E-state index is 6.03. The quantitative estimate of drug-likeness (QED) is 0.884. The molecule has 1 aliphatic heterocycles. The summed E-state index contributed by atoms with van der Waals surface area (Å²) in [6.07, 6.45) is 7.64. The molecular formula is C19H29NO. The highest BCUT2D eigenvalue weighted by Crippen LogP contribution is 2.45. The minimum Gasteiger partial charge on any atom is -0.493 e. The summed E-state index contributed by atoms with van der Waals surface area (Å²) in [5.41, 5.74) is 3.32. The maximum Gasteiger partial charge on any atom is 0.127 e. The van der Waals surface area contributed by atoms with Crippen LogP contribution in [0.25, 0.3) is 0 Å². The standard InChI is InChI=1S/C19H29NO/c1-19(2)11-9-14(10-12-19)17(20-3)16-8-4-6-15-7-5-13-21-18(15)16/h4,6,8,14,17,20H,5,7,9-13H2,1-3H3. The Morgan fingerprint density at radius 2 is 2.00 bits per heavy atom. The Labute approximate surface area is 129 Å². The van der Waals surface area contributed by atoms with Crippen molar-refractivity contribution in [1.29, 1.82) is 0 Å². The smallest absolute Gasteiger partial charge is 0.127 e. The zero-order valence-corrected chi connectivity index (χ0v) is 13.7. The fourth-order valence-corrected chi connectivity index (χ4v) is 4.06. The molecule has 0 bridgehead atoms. The Bertz CT molecular complexity index is 484. The van der Waals surface area contributed by atoms with Gasteiger partial charge in [-0.15, -0.1) is 0 Å². The fourth-order valence-electron chi connectivity index (χ4n) is 4.06. The van der Waals surface area contributed by atoms with Crippen LogP contribution in [0.2, 0.25) is 0 Å². The minimum atomic E-state index is 0.439. The van der Waals surface area contributed by atoms with Gasteiger partial charge in [0, 0.05) is 11.6 Å². The van der Waals surface area contributed by atoms with Crippen LogP contribution < -0.4 is 10.1 Å². The second kappa shape index (κ2) is 6.00. The Balaban J connectivity index is 1.84. The second-order valence-corrected chi connectivity index (χ2v) is 7.56. The molecule has 1 heterocycles. The van der Waals surface area contributed by atoms with Crippen LogP contribution in [0.4, 0.5) is 0 Å². The predicted octanol–water partition coefficient (Wildman–Crippen LogP) is 4.49. The van der Waals surface area contributed by atoms with Crippen LogP contribution in [0.5, 0.6) is 5.75 Å². The van der Waals surface area contributed by atoms with Crippen LogP contribution in [-0.4, -0.2) is 13.7 Å². The number of hydrogen-bond acceptors (Lipinski definition) is 2. The zero-order valence-electron chi connectivity index (χ0n) is 13.7. The number of benzene rings is 1. The van der Waals surface area contributed by atoms with Crippen LogP contribution in [0.15, 0.2) is 18.2 Å². The first-order chi connectivity index (χ1) is 10.1. The summed E-state index contributed by atoms with van der Waals surface area (Å²) in [6, 6.07) is 7.15. The van der Waals surface area contributed by atoms with Gasteiger partial charge in [-0.3, -0.25) is 0 Å². The van der Waals surface area contributed by atoms with Gasteiger partial charge in [0.05, 0.1) is 6.61 Å². The lowest BCUT2D eigenvalue weighted by Crippen LogP contribution is -2.31. The van der Waals surface area contributed by atoms with E-state index in [1.807, 2.05) is 0 Å². The molecule has 0 spiro atoms. The topological polar surface area (TPSA) is 21.3 Å².